The Kier molecular flexibility index (Phi) is 5.61. The van der Waals surface area contributed by atoms with Gasteiger partial charge in [0, 0.05) is 6.04 Å². The molecule has 2 atom stereocenters. The van der Waals surface area contributed by atoms with Gasteiger partial charge in [0.05, 0.1) is 0 Å². The number of carbonyl (C=O) groups is 1. The molecule has 0 aromatic heterocycles. The van der Waals surface area contributed by atoms with Gasteiger partial charge in [0.15, 0.2) is 6.10 Å². The minimum Gasteiger partial charge on any atom is -0.481 e. The van der Waals surface area contributed by atoms with Gasteiger partial charge in [-0.2, -0.15) is 0 Å². The molecule has 112 valence electrons. The number of amides is 1. The van der Waals surface area contributed by atoms with Crippen LogP contribution in [0, 0.1) is 0 Å². The maximum absolute atomic E-state index is 11.9. The van der Waals surface area contributed by atoms with E-state index in [1.54, 1.807) is 6.92 Å². The van der Waals surface area contributed by atoms with Crippen LogP contribution in [0.4, 0.5) is 0 Å². The molecular weight excluding hydrogens is 250 g/mol. The molecule has 0 aliphatic heterocycles. The van der Waals surface area contributed by atoms with Gasteiger partial charge < -0.3 is 10.1 Å². The number of ether oxygens (including phenoxy) is 1. The van der Waals surface area contributed by atoms with Gasteiger partial charge >= 0.3 is 0 Å². The number of carbonyl (C=O) groups excluding carboxylic acids is 1. The van der Waals surface area contributed by atoms with E-state index in [9.17, 15) is 4.79 Å². The Hall–Kier alpha value is -1.51. The maximum Gasteiger partial charge on any atom is 0.260 e. The number of hydrogen-bond acceptors (Lipinski definition) is 2. The molecule has 0 unspecified atom stereocenters. The number of nitrogens with one attached hydrogen (secondary N) is 1. The fraction of sp³-hybridized carbons (Fsp3) is 0.588. The van der Waals surface area contributed by atoms with Crippen molar-refractivity contribution in [3.8, 4) is 5.75 Å². The molecule has 0 heterocycles. The van der Waals surface area contributed by atoms with Gasteiger partial charge in [0.2, 0.25) is 0 Å². The van der Waals surface area contributed by atoms with Crippen LogP contribution in [0.1, 0.15) is 53.5 Å². The van der Waals surface area contributed by atoms with Crippen LogP contribution < -0.4 is 10.1 Å². The Morgan fingerprint density at radius 3 is 2.20 bits per heavy atom. The van der Waals surface area contributed by atoms with Gasteiger partial charge in [0.25, 0.3) is 5.91 Å². The monoisotopic (exact) mass is 277 g/mol. The molecule has 0 aliphatic rings. The summed E-state index contributed by atoms with van der Waals surface area (Å²) in [7, 11) is 0. The van der Waals surface area contributed by atoms with E-state index < -0.39 is 6.10 Å². The molecule has 1 amide bonds. The second-order valence-corrected chi connectivity index (χ2v) is 6.35. The van der Waals surface area contributed by atoms with Crippen molar-refractivity contribution in [2.24, 2.45) is 0 Å². The third-order valence-corrected chi connectivity index (χ3v) is 3.40. The first kappa shape index (κ1) is 16.5. The zero-order valence-corrected chi connectivity index (χ0v) is 13.5. The molecule has 0 saturated carbocycles. The Labute approximate surface area is 122 Å². The lowest BCUT2D eigenvalue weighted by molar-refractivity contribution is -0.127. The average molecular weight is 277 g/mol. The van der Waals surface area contributed by atoms with E-state index in [2.05, 4.69) is 38.2 Å². The van der Waals surface area contributed by atoms with Crippen molar-refractivity contribution in [2.45, 2.75) is 65.5 Å². The van der Waals surface area contributed by atoms with E-state index in [4.69, 9.17) is 4.74 Å². The Balaban J connectivity index is 2.62. The largest absolute Gasteiger partial charge is 0.481 e. The second-order valence-electron chi connectivity index (χ2n) is 6.35. The first-order chi connectivity index (χ1) is 9.24. The molecule has 1 aromatic rings. The summed E-state index contributed by atoms with van der Waals surface area (Å²) in [5, 5.41) is 2.92. The van der Waals surface area contributed by atoms with Crippen molar-refractivity contribution in [3.05, 3.63) is 29.8 Å². The van der Waals surface area contributed by atoms with Crippen molar-refractivity contribution < 1.29 is 9.53 Å². The summed E-state index contributed by atoms with van der Waals surface area (Å²) < 4.78 is 5.68. The lowest BCUT2D eigenvalue weighted by Gasteiger charge is -2.20. The van der Waals surface area contributed by atoms with Gasteiger partial charge in [-0.3, -0.25) is 4.79 Å². The molecule has 0 spiro atoms. The van der Waals surface area contributed by atoms with E-state index in [0.29, 0.717) is 0 Å². The van der Waals surface area contributed by atoms with Gasteiger partial charge in [-0.05, 0) is 43.4 Å². The standard InChI is InChI=1S/C17H27NO2/c1-7-12(2)18-16(19)13(3)20-15-10-8-14(9-11-15)17(4,5)6/h8-13H,7H2,1-6H3,(H,18,19)/t12-,13+/m0/s1. The van der Waals surface area contributed by atoms with E-state index in [0.717, 1.165) is 12.2 Å². The highest BCUT2D eigenvalue weighted by molar-refractivity contribution is 5.80. The lowest BCUT2D eigenvalue weighted by Crippen LogP contribution is -2.40. The Morgan fingerprint density at radius 1 is 1.20 bits per heavy atom. The van der Waals surface area contributed by atoms with Gasteiger partial charge in [0.1, 0.15) is 5.75 Å². The van der Waals surface area contributed by atoms with Crippen molar-refractivity contribution in [1.29, 1.82) is 0 Å². The van der Waals surface area contributed by atoms with Crippen LogP contribution in [-0.2, 0) is 10.2 Å². The maximum atomic E-state index is 11.9. The summed E-state index contributed by atoms with van der Waals surface area (Å²) in [4.78, 5) is 11.9. The smallest absolute Gasteiger partial charge is 0.260 e. The molecule has 0 bridgehead atoms. The third kappa shape index (κ3) is 4.87. The molecule has 20 heavy (non-hydrogen) atoms. The fourth-order valence-corrected chi connectivity index (χ4v) is 1.75. The van der Waals surface area contributed by atoms with Crippen LogP contribution in [0.2, 0.25) is 0 Å². The SMILES string of the molecule is CC[C@H](C)NC(=O)[C@@H](C)Oc1ccc(C(C)(C)C)cc1. The molecule has 3 nitrogen and oxygen atoms in total. The molecule has 0 aliphatic carbocycles. The van der Waals surface area contributed by atoms with Gasteiger partial charge in [-0.25, -0.2) is 0 Å². The second kappa shape index (κ2) is 6.78. The molecule has 3 heteroatoms. The zero-order chi connectivity index (χ0) is 15.3. The number of benzene rings is 1. The zero-order valence-electron chi connectivity index (χ0n) is 13.5. The van der Waals surface area contributed by atoms with Crippen molar-refractivity contribution >= 4 is 5.91 Å². The topological polar surface area (TPSA) is 38.3 Å². The minimum atomic E-state index is -0.482. The summed E-state index contributed by atoms with van der Waals surface area (Å²) in [6.45, 7) is 12.3. The first-order valence-electron chi connectivity index (χ1n) is 7.31. The van der Waals surface area contributed by atoms with Crippen LogP contribution in [0.25, 0.3) is 0 Å². The molecule has 1 rings (SSSR count). The van der Waals surface area contributed by atoms with Crippen molar-refractivity contribution in [1.82, 2.24) is 5.32 Å². The molecule has 1 N–H and O–H groups in total. The van der Waals surface area contributed by atoms with Crippen LogP contribution in [0.15, 0.2) is 24.3 Å². The first-order valence-corrected chi connectivity index (χ1v) is 7.31. The number of rotatable bonds is 5. The fourth-order valence-electron chi connectivity index (χ4n) is 1.75. The van der Waals surface area contributed by atoms with Crippen LogP contribution >= 0.6 is 0 Å². The highest BCUT2D eigenvalue weighted by atomic mass is 16.5. The van der Waals surface area contributed by atoms with Crippen LogP contribution in [-0.4, -0.2) is 18.1 Å². The summed E-state index contributed by atoms with van der Waals surface area (Å²) >= 11 is 0. The lowest BCUT2D eigenvalue weighted by atomic mass is 9.87. The molecule has 0 radical (unpaired) electrons. The Bertz CT molecular complexity index is 431. The van der Waals surface area contributed by atoms with Gasteiger partial charge in [-0.15, -0.1) is 0 Å². The van der Waals surface area contributed by atoms with E-state index in [1.165, 1.54) is 5.56 Å². The van der Waals surface area contributed by atoms with Crippen molar-refractivity contribution in [2.75, 3.05) is 0 Å². The molecule has 1 aromatic carbocycles. The van der Waals surface area contributed by atoms with Crippen LogP contribution in [0.3, 0.4) is 0 Å². The number of hydrogen-bond donors (Lipinski definition) is 1. The van der Waals surface area contributed by atoms with E-state index >= 15 is 0 Å². The average Bonchev–Trinajstić information content (AvgIpc) is 2.38. The quantitative estimate of drug-likeness (QED) is 0.892. The summed E-state index contributed by atoms with van der Waals surface area (Å²) in [5.74, 6) is 0.657. The highest BCUT2D eigenvalue weighted by Gasteiger charge is 2.17. The predicted octanol–water partition coefficient (Wildman–Crippen LogP) is 3.67. The molecule has 0 saturated heterocycles. The summed E-state index contributed by atoms with van der Waals surface area (Å²) in [5.41, 5.74) is 1.37. The Morgan fingerprint density at radius 2 is 1.75 bits per heavy atom. The summed E-state index contributed by atoms with van der Waals surface area (Å²) in [6.07, 6.45) is 0.433. The molecular formula is C17H27NO2. The van der Waals surface area contributed by atoms with E-state index in [1.807, 2.05) is 26.0 Å². The molecule has 0 fully saturated rings. The van der Waals surface area contributed by atoms with Crippen LogP contribution in [0.5, 0.6) is 5.75 Å². The normalized spacial score (nSPS) is 14.5. The highest BCUT2D eigenvalue weighted by Crippen LogP contribution is 2.24. The van der Waals surface area contributed by atoms with Gasteiger partial charge in [-0.1, -0.05) is 39.8 Å². The predicted molar refractivity (Wildman–Crippen MR) is 83.1 cm³/mol. The minimum absolute atomic E-state index is 0.0701. The van der Waals surface area contributed by atoms with Crippen molar-refractivity contribution in [3.63, 3.8) is 0 Å². The summed E-state index contributed by atoms with van der Waals surface area (Å²) in [6, 6.07) is 8.13. The third-order valence-electron chi connectivity index (χ3n) is 3.40. The van der Waals surface area contributed by atoms with E-state index in [-0.39, 0.29) is 17.4 Å².